The molecule has 0 aliphatic rings. The zero-order chi connectivity index (χ0) is 17.8. The van der Waals surface area contributed by atoms with Crippen LogP contribution in [0.5, 0.6) is 5.75 Å². The van der Waals surface area contributed by atoms with Gasteiger partial charge < -0.3 is 15.0 Å². The number of hydrogen-bond acceptors (Lipinski definition) is 4. The van der Waals surface area contributed by atoms with Crippen molar-refractivity contribution >= 4 is 23.2 Å². The number of amides is 1. The van der Waals surface area contributed by atoms with Gasteiger partial charge in [-0.25, -0.2) is 4.79 Å². The van der Waals surface area contributed by atoms with Crippen LogP contribution in [0, 0.1) is 0 Å². The quantitative estimate of drug-likeness (QED) is 0.751. The lowest BCUT2D eigenvalue weighted by Crippen LogP contribution is -2.21. The molecule has 126 valence electrons. The van der Waals surface area contributed by atoms with Crippen molar-refractivity contribution in [1.29, 1.82) is 0 Å². The molecule has 0 atom stereocenters. The summed E-state index contributed by atoms with van der Waals surface area (Å²) in [4.78, 5) is 30.6. The van der Waals surface area contributed by atoms with Crippen LogP contribution in [0.4, 0.5) is 5.69 Å². The molecule has 0 bridgehead atoms. The fraction of sp³-hybridized carbons (Fsp3) is 0.0556. The highest BCUT2D eigenvalue weighted by atomic mass is 35.5. The number of halogens is 1. The first kappa shape index (κ1) is 16.7. The lowest BCUT2D eigenvalue weighted by Gasteiger charge is -2.07. The van der Waals surface area contributed by atoms with Gasteiger partial charge in [0.1, 0.15) is 11.4 Å². The van der Waals surface area contributed by atoms with E-state index < -0.39 is 11.6 Å². The third-order valence-corrected chi connectivity index (χ3v) is 3.69. The summed E-state index contributed by atoms with van der Waals surface area (Å²) < 4.78 is 5.10. The van der Waals surface area contributed by atoms with Gasteiger partial charge in [0.25, 0.3) is 5.91 Å². The SMILES string of the molecule is COc1ccc(-c2cc(C(=O)Nc3cccc(Cl)c3)[nH]c(=O)n2)cc1. The van der Waals surface area contributed by atoms with Crippen LogP contribution < -0.4 is 15.7 Å². The van der Waals surface area contributed by atoms with Gasteiger partial charge in [-0.1, -0.05) is 17.7 Å². The number of nitrogens with zero attached hydrogens (tertiary/aromatic N) is 1. The van der Waals surface area contributed by atoms with E-state index >= 15 is 0 Å². The highest BCUT2D eigenvalue weighted by molar-refractivity contribution is 6.30. The van der Waals surface area contributed by atoms with Crippen LogP contribution in [0.1, 0.15) is 10.5 Å². The fourth-order valence-electron chi connectivity index (χ4n) is 2.25. The molecule has 7 heteroatoms. The van der Waals surface area contributed by atoms with Crippen LogP contribution >= 0.6 is 11.6 Å². The molecule has 1 amide bonds. The number of nitrogens with one attached hydrogen (secondary N) is 2. The van der Waals surface area contributed by atoms with Gasteiger partial charge in [0.2, 0.25) is 0 Å². The molecule has 25 heavy (non-hydrogen) atoms. The summed E-state index contributed by atoms with van der Waals surface area (Å²) in [6.07, 6.45) is 0. The van der Waals surface area contributed by atoms with E-state index in [0.29, 0.717) is 27.7 Å². The summed E-state index contributed by atoms with van der Waals surface area (Å²) in [5.74, 6) is 0.226. The number of aromatic nitrogens is 2. The fourth-order valence-corrected chi connectivity index (χ4v) is 2.44. The number of anilines is 1. The Kier molecular flexibility index (Phi) is 4.81. The molecule has 0 spiro atoms. The standard InChI is InChI=1S/C18H14ClN3O3/c1-25-14-7-5-11(6-8-14)15-10-16(22-18(24)21-15)17(23)20-13-4-2-3-12(19)9-13/h2-10H,1H3,(H,20,23)(H,21,22,24). The molecule has 1 aromatic heterocycles. The van der Waals surface area contributed by atoms with E-state index in [1.807, 2.05) is 0 Å². The van der Waals surface area contributed by atoms with E-state index in [-0.39, 0.29) is 5.69 Å². The molecule has 6 nitrogen and oxygen atoms in total. The smallest absolute Gasteiger partial charge is 0.346 e. The van der Waals surface area contributed by atoms with Crippen molar-refractivity contribution in [3.8, 4) is 17.0 Å². The Bertz CT molecular complexity index is 968. The van der Waals surface area contributed by atoms with Crippen LogP contribution in [0.25, 0.3) is 11.3 Å². The molecule has 3 rings (SSSR count). The van der Waals surface area contributed by atoms with Gasteiger partial charge in [-0.05, 0) is 48.5 Å². The van der Waals surface area contributed by atoms with Crippen LogP contribution in [-0.2, 0) is 0 Å². The number of benzene rings is 2. The Morgan fingerprint density at radius 3 is 2.60 bits per heavy atom. The minimum Gasteiger partial charge on any atom is -0.497 e. The molecule has 0 saturated carbocycles. The van der Waals surface area contributed by atoms with Crippen molar-refractivity contribution in [1.82, 2.24) is 9.97 Å². The number of rotatable bonds is 4. The van der Waals surface area contributed by atoms with E-state index in [1.54, 1.807) is 55.6 Å². The molecule has 0 aliphatic heterocycles. The van der Waals surface area contributed by atoms with E-state index in [2.05, 4.69) is 15.3 Å². The van der Waals surface area contributed by atoms with Gasteiger partial charge in [-0.3, -0.25) is 4.79 Å². The number of H-pyrrole nitrogens is 1. The second-order valence-corrected chi connectivity index (χ2v) is 5.61. The molecule has 2 aromatic carbocycles. The lowest BCUT2D eigenvalue weighted by molar-refractivity contribution is 0.102. The molecule has 0 unspecified atom stereocenters. The Morgan fingerprint density at radius 2 is 1.92 bits per heavy atom. The molecular weight excluding hydrogens is 342 g/mol. The van der Waals surface area contributed by atoms with Gasteiger partial charge in [0, 0.05) is 16.3 Å². The summed E-state index contributed by atoms with van der Waals surface area (Å²) in [7, 11) is 1.57. The number of carbonyl (C=O) groups excluding carboxylic acids is 1. The topological polar surface area (TPSA) is 84.1 Å². The Morgan fingerprint density at radius 1 is 1.16 bits per heavy atom. The van der Waals surface area contributed by atoms with Crippen LogP contribution in [-0.4, -0.2) is 23.0 Å². The number of methoxy groups -OCH3 is 1. The molecule has 0 fully saturated rings. The second-order valence-electron chi connectivity index (χ2n) is 5.18. The van der Waals surface area contributed by atoms with Crippen molar-refractivity contribution in [2.75, 3.05) is 12.4 Å². The van der Waals surface area contributed by atoms with E-state index in [4.69, 9.17) is 16.3 Å². The molecule has 1 heterocycles. The minimum absolute atomic E-state index is 0.103. The minimum atomic E-state index is -0.607. The van der Waals surface area contributed by atoms with Gasteiger partial charge in [0.15, 0.2) is 0 Å². The highest BCUT2D eigenvalue weighted by Gasteiger charge is 2.11. The lowest BCUT2D eigenvalue weighted by atomic mass is 10.1. The van der Waals surface area contributed by atoms with Crippen LogP contribution in [0.3, 0.4) is 0 Å². The summed E-state index contributed by atoms with van der Waals surface area (Å²) in [6.45, 7) is 0. The predicted octanol–water partition coefficient (Wildman–Crippen LogP) is 3.35. The summed E-state index contributed by atoms with van der Waals surface area (Å²) in [5.41, 5.74) is 1.11. The first-order valence-corrected chi connectivity index (χ1v) is 7.75. The Labute approximate surface area is 148 Å². The van der Waals surface area contributed by atoms with Crippen molar-refractivity contribution in [3.63, 3.8) is 0 Å². The number of ether oxygens (including phenoxy) is 1. The van der Waals surface area contributed by atoms with Crippen LogP contribution in [0.15, 0.2) is 59.4 Å². The molecule has 0 aliphatic carbocycles. The number of hydrogen-bond donors (Lipinski definition) is 2. The van der Waals surface area contributed by atoms with E-state index in [1.165, 1.54) is 6.07 Å². The van der Waals surface area contributed by atoms with Crippen molar-refractivity contribution in [3.05, 3.63) is 75.8 Å². The summed E-state index contributed by atoms with van der Waals surface area (Å²) in [6, 6.07) is 15.3. The molecule has 3 aromatic rings. The third kappa shape index (κ3) is 4.05. The maximum Gasteiger partial charge on any atom is 0.346 e. The normalized spacial score (nSPS) is 10.3. The maximum atomic E-state index is 12.4. The zero-order valence-electron chi connectivity index (χ0n) is 13.2. The average molecular weight is 356 g/mol. The van der Waals surface area contributed by atoms with Gasteiger partial charge in [0.05, 0.1) is 12.8 Å². The molecule has 0 radical (unpaired) electrons. The zero-order valence-corrected chi connectivity index (χ0v) is 14.0. The first-order valence-electron chi connectivity index (χ1n) is 7.38. The van der Waals surface area contributed by atoms with Crippen molar-refractivity contribution < 1.29 is 9.53 Å². The summed E-state index contributed by atoms with van der Waals surface area (Å²) >= 11 is 5.90. The molecule has 0 saturated heterocycles. The summed E-state index contributed by atoms with van der Waals surface area (Å²) in [5, 5.41) is 3.18. The van der Waals surface area contributed by atoms with E-state index in [9.17, 15) is 9.59 Å². The predicted molar refractivity (Wildman–Crippen MR) is 96.3 cm³/mol. The second kappa shape index (κ2) is 7.19. The molecular formula is C18H14ClN3O3. The van der Waals surface area contributed by atoms with Gasteiger partial charge in [-0.15, -0.1) is 0 Å². The maximum absolute atomic E-state index is 12.4. The Hall–Kier alpha value is -3.12. The van der Waals surface area contributed by atoms with Crippen molar-refractivity contribution in [2.45, 2.75) is 0 Å². The van der Waals surface area contributed by atoms with Crippen molar-refractivity contribution in [2.24, 2.45) is 0 Å². The van der Waals surface area contributed by atoms with Gasteiger partial charge in [-0.2, -0.15) is 4.98 Å². The molecule has 2 N–H and O–H groups in total. The number of aromatic amines is 1. The van der Waals surface area contributed by atoms with Crippen LogP contribution in [0.2, 0.25) is 5.02 Å². The Balaban J connectivity index is 1.90. The monoisotopic (exact) mass is 355 g/mol. The third-order valence-electron chi connectivity index (χ3n) is 3.46. The average Bonchev–Trinajstić information content (AvgIpc) is 2.61. The van der Waals surface area contributed by atoms with E-state index in [0.717, 1.165) is 0 Å². The highest BCUT2D eigenvalue weighted by Crippen LogP contribution is 2.21. The first-order chi connectivity index (χ1) is 12.0. The number of carbonyl (C=O) groups is 1. The van der Waals surface area contributed by atoms with Gasteiger partial charge >= 0.3 is 5.69 Å². The largest absolute Gasteiger partial charge is 0.497 e.